The molecule has 2 aromatic rings. The monoisotopic (exact) mass is 304 g/mol. The van der Waals surface area contributed by atoms with Crippen LogP contribution in [0, 0.1) is 16.6 Å². The van der Waals surface area contributed by atoms with Crippen LogP contribution in [0.5, 0.6) is 0 Å². The molecule has 0 amide bonds. The number of halogens is 2. The maximum Gasteiger partial charge on any atom is 0.238 e. The summed E-state index contributed by atoms with van der Waals surface area (Å²) >= 11 is 2.05. The summed E-state index contributed by atoms with van der Waals surface area (Å²) in [5.74, 6) is -0.545. The lowest BCUT2D eigenvalue weighted by Gasteiger charge is -2.02. The van der Waals surface area contributed by atoms with Crippen LogP contribution in [0.4, 0.5) is 4.39 Å². The second kappa shape index (κ2) is 3.60. The lowest BCUT2D eigenvalue weighted by Crippen LogP contribution is -2.03. The van der Waals surface area contributed by atoms with E-state index in [1.54, 1.807) is 12.1 Å². The Hall–Kier alpha value is -1.05. The Labute approximate surface area is 93.3 Å². The largest absolute Gasteiger partial charge is 0.238 e. The average Bonchev–Trinajstić information content (AvgIpc) is 2.49. The van der Waals surface area contributed by atoms with Gasteiger partial charge in [0.25, 0.3) is 0 Å². The molecule has 0 aliphatic rings. The normalized spacial score (nSPS) is 10.5. The molecular weight excluding hydrogens is 298 g/mol. The summed E-state index contributed by atoms with van der Waals surface area (Å²) in [4.78, 5) is 3.55. The van der Waals surface area contributed by atoms with E-state index in [9.17, 15) is 4.39 Å². The standard InChI is InChI=1S/C8H6FIN4/c1-5-8(10)12-13-14(5)6-3-2-4-11-7(6)9/h2-4H,1H3. The molecule has 0 aliphatic carbocycles. The quantitative estimate of drug-likeness (QED) is 0.595. The number of nitrogens with zero attached hydrogens (tertiary/aromatic N) is 4. The second-order valence-electron chi connectivity index (χ2n) is 2.69. The summed E-state index contributed by atoms with van der Waals surface area (Å²) in [6.07, 6.45) is 1.40. The summed E-state index contributed by atoms with van der Waals surface area (Å²) in [6, 6.07) is 3.27. The first-order valence-electron chi connectivity index (χ1n) is 3.89. The Morgan fingerprint density at radius 1 is 1.50 bits per heavy atom. The first-order valence-corrected chi connectivity index (χ1v) is 4.96. The van der Waals surface area contributed by atoms with Crippen molar-refractivity contribution in [1.29, 1.82) is 0 Å². The molecule has 0 unspecified atom stereocenters. The van der Waals surface area contributed by atoms with E-state index in [2.05, 4.69) is 15.3 Å². The molecule has 0 saturated heterocycles. The molecule has 0 N–H and O–H groups in total. The SMILES string of the molecule is Cc1c(I)nnn1-c1cccnc1F. The molecule has 0 fully saturated rings. The number of pyridine rings is 1. The smallest absolute Gasteiger partial charge is 0.226 e. The molecular formula is C8H6FIN4. The molecule has 2 aromatic heterocycles. The van der Waals surface area contributed by atoms with Crippen molar-refractivity contribution in [3.8, 4) is 5.69 Å². The van der Waals surface area contributed by atoms with E-state index in [4.69, 9.17) is 0 Å². The summed E-state index contributed by atoms with van der Waals surface area (Å²) in [6.45, 7) is 1.83. The fourth-order valence-corrected chi connectivity index (χ4v) is 1.40. The molecule has 0 spiro atoms. The van der Waals surface area contributed by atoms with Gasteiger partial charge in [0, 0.05) is 6.20 Å². The number of hydrogen-bond donors (Lipinski definition) is 0. The summed E-state index contributed by atoms with van der Waals surface area (Å²) < 4.78 is 15.5. The predicted molar refractivity (Wildman–Crippen MR) is 56.6 cm³/mol. The molecule has 0 aromatic carbocycles. The third kappa shape index (κ3) is 1.49. The molecule has 0 bridgehead atoms. The topological polar surface area (TPSA) is 43.6 Å². The minimum Gasteiger partial charge on any atom is -0.226 e. The first-order chi connectivity index (χ1) is 6.70. The van der Waals surface area contributed by atoms with Gasteiger partial charge in [-0.25, -0.2) is 9.67 Å². The summed E-state index contributed by atoms with van der Waals surface area (Å²) in [7, 11) is 0. The van der Waals surface area contributed by atoms with Crippen LogP contribution >= 0.6 is 22.6 Å². The number of rotatable bonds is 1. The average molecular weight is 304 g/mol. The van der Waals surface area contributed by atoms with E-state index in [0.29, 0.717) is 5.69 Å². The van der Waals surface area contributed by atoms with Crippen LogP contribution in [0.2, 0.25) is 0 Å². The van der Waals surface area contributed by atoms with Crippen LogP contribution in [0.15, 0.2) is 18.3 Å². The van der Waals surface area contributed by atoms with Crippen molar-refractivity contribution in [2.24, 2.45) is 0 Å². The van der Waals surface area contributed by atoms with Crippen LogP contribution in [-0.2, 0) is 0 Å². The zero-order valence-electron chi connectivity index (χ0n) is 7.28. The van der Waals surface area contributed by atoms with E-state index in [-0.39, 0.29) is 0 Å². The Morgan fingerprint density at radius 2 is 2.29 bits per heavy atom. The first kappa shape index (κ1) is 9.50. The highest BCUT2D eigenvalue weighted by Gasteiger charge is 2.11. The van der Waals surface area contributed by atoms with Crippen molar-refractivity contribution in [3.05, 3.63) is 33.7 Å². The van der Waals surface area contributed by atoms with Gasteiger partial charge in [-0.3, -0.25) is 0 Å². The third-order valence-electron chi connectivity index (χ3n) is 1.81. The Bertz CT molecular complexity index is 468. The van der Waals surface area contributed by atoms with Crippen molar-refractivity contribution in [2.75, 3.05) is 0 Å². The van der Waals surface area contributed by atoms with Gasteiger partial charge in [0.1, 0.15) is 9.39 Å². The van der Waals surface area contributed by atoms with Gasteiger partial charge in [-0.05, 0) is 41.6 Å². The second-order valence-corrected chi connectivity index (χ2v) is 3.71. The van der Waals surface area contributed by atoms with Crippen molar-refractivity contribution in [1.82, 2.24) is 20.0 Å². The minimum absolute atomic E-state index is 0.320. The lowest BCUT2D eigenvalue weighted by molar-refractivity contribution is 0.564. The van der Waals surface area contributed by atoms with Crippen LogP contribution in [0.25, 0.3) is 5.69 Å². The fraction of sp³-hybridized carbons (Fsp3) is 0.125. The summed E-state index contributed by atoms with van der Waals surface area (Å²) in [5, 5.41) is 7.66. The van der Waals surface area contributed by atoms with E-state index >= 15 is 0 Å². The Morgan fingerprint density at radius 3 is 2.86 bits per heavy atom. The molecule has 0 radical (unpaired) electrons. The molecule has 72 valence electrons. The highest BCUT2D eigenvalue weighted by molar-refractivity contribution is 14.1. The van der Waals surface area contributed by atoms with E-state index in [1.165, 1.54) is 10.9 Å². The van der Waals surface area contributed by atoms with Gasteiger partial charge in [0.2, 0.25) is 5.95 Å². The number of hydrogen-bond acceptors (Lipinski definition) is 3. The molecule has 0 aliphatic heterocycles. The predicted octanol–water partition coefficient (Wildman–Crippen LogP) is 1.71. The maximum absolute atomic E-state index is 13.3. The van der Waals surface area contributed by atoms with Crippen LogP contribution in [0.3, 0.4) is 0 Å². The summed E-state index contributed by atoms with van der Waals surface area (Å²) in [5.41, 5.74) is 1.12. The van der Waals surface area contributed by atoms with Gasteiger partial charge in [0.15, 0.2) is 0 Å². The Kier molecular flexibility index (Phi) is 2.44. The fourth-order valence-electron chi connectivity index (χ4n) is 1.08. The lowest BCUT2D eigenvalue weighted by atomic mass is 10.4. The van der Waals surface area contributed by atoms with Gasteiger partial charge in [-0.15, -0.1) is 5.10 Å². The molecule has 6 heteroatoms. The molecule has 2 heterocycles. The van der Waals surface area contributed by atoms with Crippen molar-refractivity contribution in [2.45, 2.75) is 6.92 Å². The number of aromatic nitrogens is 4. The third-order valence-corrected chi connectivity index (χ3v) is 2.80. The van der Waals surface area contributed by atoms with Crippen LogP contribution in [-0.4, -0.2) is 20.0 Å². The van der Waals surface area contributed by atoms with Crippen LogP contribution in [0.1, 0.15) is 5.69 Å². The van der Waals surface area contributed by atoms with Crippen molar-refractivity contribution >= 4 is 22.6 Å². The van der Waals surface area contributed by atoms with Crippen molar-refractivity contribution in [3.63, 3.8) is 0 Å². The van der Waals surface area contributed by atoms with E-state index < -0.39 is 5.95 Å². The Balaban J connectivity index is 2.60. The van der Waals surface area contributed by atoms with Gasteiger partial charge < -0.3 is 0 Å². The molecule has 0 atom stereocenters. The molecule has 0 saturated carbocycles. The van der Waals surface area contributed by atoms with Crippen LogP contribution < -0.4 is 0 Å². The highest BCUT2D eigenvalue weighted by atomic mass is 127. The van der Waals surface area contributed by atoms with Gasteiger partial charge in [-0.2, -0.15) is 4.39 Å². The van der Waals surface area contributed by atoms with E-state index in [0.717, 1.165) is 9.39 Å². The zero-order valence-corrected chi connectivity index (χ0v) is 9.43. The van der Waals surface area contributed by atoms with Gasteiger partial charge in [0.05, 0.1) is 5.69 Å². The van der Waals surface area contributed by atoms with E-state index in [1.807, 2.05) is 29.5 Å². The molecule has 2 rings (SSSR count). The molecule has 4 nitrogen and oxygen atoms in total. The minimum atomic E-state index is -0.545. The highest BCUT2D eigenvalue weighted by Crippen LogP contribution is 2.14. The van der Waals surface area contributed by atoms with Crippen molar-refractivity contribution < 1.29 is 4.39 Å². The maximum atomic E-state index is 13.3. The van der Waals surface area contributed by atoms with Gasteiger partial charge >= 0.3 is 0 Å². The molecule has 14 heavy (non-hydrogen) atoms. The zero-order chi connectivity index (χ0) is 10.1. The van der Waals surface area contributed by atoms with Gasteiger partial charge in [-0.1, -0.05) is 5.21 Å².